The summed E-state index contributed by atoms with van der Waals surface area (Å²) < 4.78 is 29.6. The average Bonchev–Trinajstić information content (AvgIpc) is 3.04. The first-order chi connectivity index (χ1) is 9.58. The van der Waals surface area contributed by atoms with Gasteiger partial charge in [0.05, 0.1) is 11.9 Å². The van der Waals surface area contributed by atoms with Gasteiger partial charge in [-0.2, -0.15) is 18.5 Å². The topological polar surface area (TPSA) is 107 Å². The summed E-state index contributed by atoms with van der Waals surface area (Å²) in [7, 11) is -3.84. The fraction of sp³-hybridized carbons (Fsp3) is 0.200. The minimum Gasteiger partial charge on any atom is -0.274 e. The van der Waals surface area contributed by atoms with Gasteiger partial charge in [-0.25, -0.2) is 9.50 Å². The van der Waals surface area contributed by atoms with Crippen LogP contribution in [0.2, 0.25) is 0 Å². The zero-order valence-electron chi connectivity index (χ0n) is 10.5. The number of nitrogens with one attached hydrogen (secondary N) is 1. The highest BCUT2D eigenvalue weighted by atomic mass is 32.2. The van der Waals surface area contributed by atoms with Gasteiger partial charge in [0.1, 0.15) is 6.33 Å². The number of fused-ring (bicyclic) bond motifs is 1. The van der Waals surface area contributed by atoms with E-state index in [4.69, 9.17) is 0 Å². The molecule has 3 aromatic rings. The smallest absolute Gasteiger partial charge is 0.274 e. The molecule has 20 heavy (non-hydrogen) atoms. The van der Waals surface area contributed by atoms with Crippen LogP contribution in [0.4, 0.5) is 5.69 Å². The Balaban J connectivity index is 1.94. The van der Waals surface area contributed by atoms with Crippen LogP contribution in [-0.2, 0) is 16.6 Å². The summed E-state index contributed by atoms with van der Waals surface area (Å²) in [5.41, 5.74) is 0.772. The summed E-state index contributed by atoms with van der Waals surface area (Å²) >= 11 is 0. The van der Waals surface area contributed by atoms with Gasteiger partial charge in [0.2, 0.25) is 0 Å². The minimum atomic E-state index is -3.84. The van der Waals surface area contributed by atoms with E-state index in [0.29, 0.717) is 17.9 Å². The lowest BCUT2D eigenvalue weighted by Gasteiger charge is -2.00. The van der Waals surface area contributed by atoms with Gasteiger partial charge in [0, 0.05) is 25.0 Å². The maximum atomic E-state index is 12.2. The molecule has 1 N–H and O–H groups in total. The van der Waals surface area contributed by atoms with E-state index in [1.165, 1.54) is 23.2 Å². The maximum absolute atomic E-state index is 12.2. The third-order valence-electron chi connectivity index (χ3n) is 2.57. The molecule has 9 nitrogen and oxygen atoms in total. The molecule has 0 fully saturated rings. The van der Waals surface area contributed by atoms with E-state index < -0.39 is 10.0 Å². The van der Waals surface area contributed by atoms with Crippen LogP contribution < -0.4 is 4.72 Å². The summed E-state index contributed by atoms with van der Waals surface area (Å²) in [5, 5.41) is 7.55. The molecule has 0 aliphatic heterocycles. The molecule has 0 atom stereocenters. The molecule has 10 heteroatoms. The standard InChI is InChI=1S/C10H11N7O2S/c1-2-16-6-8(5-12-16)15-20(18,19)10-13-9-3-4-11-7-17(9)14-10/h3-7,15H,2H2,1H3. The van der Waals surface area contributed by atoms with E-state index in [9.17, 15) is 8.42 Å². The van der Waals surface area contributed by atoms with Crippen LogP contribution >= 0.6 is 0 Å². The van der Waals surface area contributed by atoms with Crippen LogP contribution in [0.1, 0.15) is 6.92 Å². The number of aryl methyl sites for hydroxylation is 1. The van der Waals surface area contributed by atoms with Gasteiger partial charge in [-0.05, 0) is 6.92 Å². The van der Waals surface area contributed by atoms with Crippen LogP contribution in [0.25, 0.3) is 5.65 Å². The minimum absolute atomic E-state index is 0.310. The fourth-order valence-electron chi connectivity index (χ4n) is 1.63. The van der Waals surface area contributed by atoms with Crippen molar-refractivity contribution in [2.75, 3.05) is 4.72 Å². The number of anilines is 1. The molecule has 0 spiro atoms. The van der Waals surface area contributed by atoms with Gasteiger partial charge in [-0.15, -0.1) is 5.10 Å². The Hall–Kier alpha value is -2.49. The molecule has 0 aliphatic rings. The van der Waals surface area contributed by atoms with Crippen LogP contribution in [0, 0.1) is 0 Å². The normalized spacial score (nSPS) is 11.8. The second-order valence-electron chi connectivity index (χ2n) is 3.97. The van der Waals surface area contributed by atoms with Crippen molar-refractivity contribution in [1.82, 2.24) is 29.4 Å². The van der Waals surface area contributed by atoms with Crippen molar-refractivity contribution in [3.8, 4) is 0 Å². The van der Waals surface area contributed by atoms with Crippen molar-refractivity contribution < 1.29 is 8.42 Å². The largest absolute Gasteiger partial charge is 0.299 e. The molecule has 0 unspecified atom stereocenters. The molecule has 3 rings (SSSR count). The van der Waals surface area contributed by atoms with E-state index in [1.54, 1.807) is 16.9 Å². The third kappa shape index (κ3) is 2.20. The monoisotopic (exact) mass is 293 g/mol. The average molecular weight is 293 g/mol. The van der Waals surface area contributed by atoms with Crippen molar-refractivity contribution in [3.63, 3.8) is 0 Å². The first-order valence-corrected chi connectivity index (χ1v) is 7.28. The first-order valence-electron chi connectivity index (χ1n) is 5.80. The molecule has 0 radical (unpaired) electrons. The number of hydrogen-bond acceptors (Lipinski definition) is 6. The molecule has 0 saturated carbocycles. The van der Waals surface area contributed by atoms with Crippen LogP contribution in [-0.4, -0.2) is 37.8 Å². The van der Waals surface area contributed by atoms with Gasteiger partial charge in [0.25, 0.3) is 15.2 Å². The van der Waals surface area contributed by atoms with Crippen molar-refractivity contribution in [2.45, 2.75) is 18.6 Å². The second-order valence-corrected chi connectivity index (χ2v) is 5.54. The summed E-state index contributed by atoms with van der Waals surface area (Å²) in [6.07, 6.45) is 5.92. The Bertz CT molecular complexity index is 818. The van der Waals surface area contributed by atoms with Crippen LogP contribution in [0.5, 0.6) is 0 Å². The molecule has 104 valence electrons. The lowest BCUT2D eigenvalue weighted by molar-refractivity contribution is 0.592. The van der Waals surface area contributed by atoms with E-state index in [2.05, 4.69) is 24.9 Å². The second kappa shape index (κ2) is 4.56. The van der Waals surface area contributed by atoms with E-state index in [-0.39, 0.29) is 5.16 Å². The Kier molecular flexibility index (Phi) is 2.86. The number of rotatable bonds is 4. The van der Waals surface area contributed by atoms with Gasteiger partial charge in [0.15, 0.2) is 5.65 Å². The lowest BCUT2D eigenvalue weighted by Crippen LogP contribution is -2.14. The highest BCUT2D eigenvalue weighted by Crippen LogP contribution is 2.13. The zero-order valence-corrected chi connectivity index (χ0v) is 11.3. The Labute approximate surface area is 114 Å². The SMILES string of the molecule is CCn1cc(NS(=O)(=O)c2nc3ccncn3n2)cn1. The molecular formula is C10H11N7O2S. The fourth-order valence-corrected chi connectivity index (χ4v) is 2.54. The Morgan fingerprint density at radius 3 is 2.95 bits per heavy atom. The van der Waals surface area contributed by atoms with Gasteiger partial charge < -0.3 is 0 Å². The van der Waals surface area contributed by atoms with Crippen molar-refractivity contribution >= 4 is 21.4 Å². The summed E-state index contributed by atoms with van der Waals surface area (Å²) in [5.74, 6) is 0. The Morgan fingerprint density at radius 1 is 1.40 bits per heavy atom. The van der Waals surface area contributed by atoms with Crippen molar-refractivity contribution in [3.05, 3.63) is 31.0 Å². The molecule has 0 aliphatic carbocycles. The highest BCUT2D eigenvalue weighted by molar-refractivity contribution is 7.92. The van der Waals surface area contributed by atoms with Gasteiger partial charge >= 0.3 is 0 Å². The van der Waals surface area contributed by atoms with Gasteiger partial charge in [-0.3, -0.25) is 9.40 Å². The van der Waals surface area contributed by atoms with E-state index in [1.807, 2.05) is 6.92 Å². The number of hydrogen-bond donors (Lipinski definition) is 1. The Morgan fingerprint density at radius 2 is 2.25 bits per heavy atom. The molecule has 0 bridgehead atoms. The predicted molar refractivity (Wildman–Crippen MR) is 69.5 cm³/mol. The predicted octanol–water partition coefficient (Wildman–Crippen LogP) is 0.142. The number of nitrogens with zero attached hydrogens (tertiary/aromatic N) is 6. The highest BCUT2D eigenvalue weighted by Gasteiger charge is 2.21. The van der Waals surface area contributed by atoms with Gasteiger partial charge in [-0.1, -0.05) is 0 Å². The lowest BCUT2D eigenvalue weighted by atomic mass is 10.6. The molecular weight excluding hydrogens is 282 g/mol. The first kappa shape index (κ1) is 12.5. The molecule has 0 amide bonds. The van der Waals surface area contributed by atoms with E-state index >= 15 is 0 Å². The van der Waals surface area contributed by atoms with Crippen molar-refractivity contribution in [1.29, 1.82) is 0 Å². The van der Waals surface area contributed by atoms with E-state index in [0.717, 1.165) is 0 Å². The summed E-state index contributed by atoms with van der Waals surface area (Å²) in [6.45, 7) is 2.56. The maximum Gasteiger partial charge on any atom is 0.299 e. The third-order valence-corrected chi connectivity index (χ3v) is 3.73. The zero-order chi connectivity index (χ0) is 14.2. The quantitative estimate of drug-likeness (QED) is 0.733. The van der Waals surface area contributed by atoms with Crippen LogP contribution in [0.15, 0.2) is 36.1 Å². The number of sulfonamides is 1. The molecule has 3 heterocycles. The molecule has 0 aromatic carbocycles. The molecule has 0 saturated heterocycles. The summed E-state index contributed by atoms with van der Waals surface area (Å²) in [6, 6.07) is 1.57. The molecule has 3 aromatic heterocycles. The van der Waals surface area contributed by atoms with Crippen LogP contribution in [0.3, 0.4) is 0 Å². The summed E-state index contributed by atoms with van der Waals surface area (Å²) in [4.78, 5) is 7.78. The number of aromatic nitrogens is 6. The van der Waals surface area contributed by atoms with Crippen molar-refractivity contribution in [2.24, 2.45) is 0 Å².